The van der Waals surface area contributed by atoms with Crippen LogP contribution in [0.3, 0.4) is 0 Å². The maximum absolute atomic E-state index is 5.02. The van der Waals surface area contributed by atoms with E-state index >= 15 is 0 Å². The fraction of sp³-hybridized carbons (Fsp3) is 0.0244. The summed E-state index contributed by atoms with van der Waals surface area (Å²) in [6.45, 7) is 0. The summed E-state index contributed by atoms with van der Waals surface area (Å²) in [6, 6.07) is 49.9. The molecule has 0 saturated heterocycles. The van der Waals surface area contributed by atoms with Crippen molar-refractivity contribution >= 4 is 65.4 Å². The summed E-state index contributed by atoms with van der Waals surface area (Å²) in [5.74, 6) is 1.86. The zero-order chi connectivity index (χ0) is 30.4. The molecular weight excluding hydrogens is 562 g/mol. The highest BCUT2D eigenvalue weighted by molar-refractivity contribution is 6.15. The molecule has 0 aliphatic heterocycles. The van der Waals surface area contributed by atoms with Gasteiger partial charge in [0.25, 0.3) is 0 Å². The summed E-state index contributed by atoms with van der Waals surface area (Å²) in [7, 11) is 2.10. The molecule has 0 aliphatic carbocycles. The number of imidazole rings is 1. The van der Waals surface area contributed by atoms with Crippen molar-refractivity contribution in [1.29, 1.82) is 0 Å². The summed E-state index contributed by atoms with van der Waals surface area (Å²) in [5.41, 5.74) is 8.91. The van der Waals surface area contributed by atoms with Crippen LogP contribution in [0, 0.1) is 0 Å². The van der Waals surface area contributed by atoms with E-state index in [2.05, 4.69) is 148 Å². The van der Waals surface area contributed by atoms with Gasteiger partial charge in [0.1, 0.15) is 11.6 Å². The van der Waals surface area contributed by atoms with E-state index in [1.54, 1.807) is 0 Å². The molecule has 6 aromatic carbocycles. The molecule has 0 radical (unpaired) electrons. The highest BCUT2D eigenvalue weighted by atomic mass is 15.1. The van der Waals surface area contributed by atoms with E-state index in [9.17, 15) is 0 Å². The van der Waals surface area contributed by atoms with E-state index in [-0.39, 0.29) is 0 Å². The van der Waals surface area contributed by atoms with Crippen molar-refractivity contribution in [2.24, 2.45) is 7.05 Å². The van der Waals surface area contributed by atoms with E-state index < -0.39 is 0 Å². The lowest BCUT2D eigenvalue weighted by atomic mass is 10.1. The predicted octanol–water partition coefficient (Wildman–Crippen LogP) is 9.98. The van der Waals surface area contributed by atoms with Crippen LogP contribution in [0.4, 0.5) is 0 Å². The average Bonchev–Trinajstić information content (AvgIpc) is 3.74. The quantitative estimate of drug-likeness (QED) is 0.206. The molecule has 46 heavy (non-hydrogen) atoms. The molecule has 4 aromatic heterocycles. The average molecular weight is 590 g/mol. The lowest BCUT2D eigenvalue weighted by Gasteiger charge is -2.11. The fourth-order valence-electron chi connectivity index (χ4n) is 7.36. The minimum Gasteiger partial charge on any atom is -0.327 e. The summed E-state index contributed by atoms with van der Waals surface area (Å²) in [6.07, 6.45) is 1.87. The molecule has 0 fully saturated rings. The molecular formula is C41H27N5. The number of hydrogen-bond donors (Lipinski definition) is 0. The van der Waals surface area contributed by atoms with Crippen molar-refractivity contribution < 1.29 is 0 Å². The number of para-hydroxylation sites is 3. The number of benzene rings is 6. The molecule has 0 bridgehead atoms. The van der Waals surface area contributed by atoms with E-state index in [4.69, 9.17) is 9.97 Å². The van der Waals surface area contributed by atoms with Gasteiger partial charge in [-0.1, -0.05) is 78.9 Å². The molecule has 216 valence electrons. The number of aryl methyl sites for hydroxylation is 1. The lowest BCUT2D eigenvalue weighted by Crippen LogP contribution is -1.98. The van der Waals surface area contributed by atoms with Gasteiger partial charge in [-0.05, 0) is 71.4 Å². The first-order valence-corrected chi connectivity index (χ1v) is 15.6. The Morgan fingerprint density at radius 1 is 0.478 bits per heavy atom. The Morgan fingerprint density at radius 3 is 2.00 bits per heavy atom. The Labute approximate surface area is 264 Å². The third-order valence-corrected chi connectivity index (χ3v) is 9.47. The Balaban J connectivity index is 1.28. The highest BCUT2D eigenvalue weighted by Gasteiger charge is 2.19. The van der Waals surface area contributed by atoms with Gasteiger partial charge in [0.2, 0.25) is 0 Å². The Hall–Kier alpha value is -6.20. The number of nitrogens with zero attached hydrogens (tertiary/aromatic N) is 5. The molecule has 10 aromatic rings. The second-order valence-electron chi connectivity index (χ2n) is 12.0. The highest BCUT2D eigenvalue weighted by Crippen LogP contribution is 2.39. The van der Waals surface area contributed by atoms with Crippen LogP contribution in [0.5, 0.6) is 0 Å². The zero-order valence-corrected chi connectivity index (χ0v) is 25.1. The maximum atomic E-state index is 5.02. The van der Waals surface area contributed by atoms with Gasteiger partial charge < -0.3 is 9.13 Å². The van der Waals surface area contributed by atoms with E-state index in [0.29, 0.717) is 0 Å². The van der Waals surface area contributed by atoms with Crippen LogP contribution in [-0.4, -0.2) is 23.7 Å². The number of hydrogen-bond acceptors (Lipinski definition) is 2. The number of pyridine rings is 1. The molecule has 0 N–H and O–H groups in total. The molecule has 0 amide bonds. The van der Waals surface area contributed by atoms with Gasteiger partial charge in [0, 0.05) is 46.0 Å². The van der Waals surface area contributed by atoms with Gasteiger partial charge in [-0.3, -0.25) is 4.57 Å². The second kappa shape index (κ2) is 9.40. The van der Waals surface area contributed by atoms with Gasteiger partial charge in [-0.2, -0.15) is 0 Å². The van der Waals surface area contributed by atoms with Gasteiger partial charge >= 0.3 is 0 Å². The topological polar surface area (TPSA) is 40.6 Å². The van der Waals surface area contributed by atoms with Crippen molar-refractivity contribution in [2.45, 2.75) is 0 Å². The summed E-state index contributed by atoms with van der Waals surface area (Å²) < 4.78 is 6.89. The van der Waals surface area contributed by atoms with Crippen LogP contribution in [0.25, 0.3) is 88.3 Å². The zero-order valence-electron chi connectivity index (χ0n) is 25.1. The number of fused-ring (bicyclic) bond motifs is 8. The van der Waals surface area contributed by atoms with Gasteiger partial charge in [0.05, 0.1) is 33.1 Å². The summed E-state index contributed by atoms with van der Waals surface area (Å²) >= 11 is 0. The molecule has 0 saturated carbocycles. The maximum Gasteiger partial charge on any atom is 0.140 e. The van der Waals surface area contributed by atoms with Crippen molar-refractivity contribution in [3.63, 3.8) is 0 Å². The predicted molar refractivity (Wildman–Crippen MR) is 190 cm³/mol. The minimum atomic E-state index is 0.904. The molecule has 5 nitrogen and oxygen atoms in total. The number of rotatable bonds is 3. The van der Waals surface area contributed by atoms with E-state index in [1.165, 1.54) is 37.8 Å². The minimum absolute atomic E-state index is 0.904. The molecule has 0 atom stereocenters. The molecule has 0 spiro atoms. The van der Waals surface area contributed by atoms with E-state index in [1.807, 2.05) is 18.3 Å². The standard InChI is InChI=1S/C41H27N5/c1-44-36-15-7-5-13-34(36)43-41(44)28-17-19-31-30-12-4-6-14-35(30)45(37(31)24-28)29-18-20-32-33-22-26-10-2-3-11-27(26)23-38(33)46(39(32)25-29)40-16-8-9-21-42-40/h2-25H,1H3. The van der Waals surface area contributed by atoms with Crippen molar-refractivity contribution in [3.05, 3.63) is 146 Å². The van der Waals surface area contributed by atoms with Crippen LogP contribution in [0.1, 0.15) is 0 Å². The first-order valence-electron chi connectivity index (χ1n) is 15.6. The van der Waals surface area contributed by atoms with Gasteiger partial charge in [-0.15, -0.1) is 0 Å². The van der Waals surface area contributed by atoms with Crippen LogP contribution in [-0.2, 0) is 7.05 Å². The van der Waals surface area contributed by atoms with Crippen LogP contribution in [0.15, 0.2) is 146 Å². The SMILES string of the molecule is Cn1c(-c2ccc3c4ccccc4n(-c4ccc5c6cc7ccccc7cc6n(-c6ccccn6)c5c4)c3c2)nc2ccccc21. The number of aromatic nitrogens is 5. The largest absolute Gasteiger partial charge is 0.327 e. The van der Waals surface area contributed by atoms with Crippen molar-refractivity contribution in [1.82, 2.24) is 23.7 Å². The Bertz CT molecular complexity index is 2820. The van der Waals surface area contributed by atoms with Crippen molar-refractivity contribution in [3.8, 4) is 22.9 Å². The first kappa shape index (κ1) is 25.2. The molecule has 5 heteroatoms. The normalized spacial score (nSPS) is 12.0. The fourth-order valence-corrected chi connectivity index (χ4v) is 7.36. The monoisotopic (exact) mass is 589 g/mol. The molecule has 0 aliphatic rings. The lowest BCUT2D eigenvalue weighted by molar-refractivity contribution is 0.959. The third-order valence-electron chi connectivity index (χ3n) is 9.47. The Kier molecular flexibility index (Phi) is 5.14. The second-order valence-corrected chi connectivity index (χ2v) is 12.0. The Morgan fingerprint density at radius 2 is 1.15 bits per heavy atom. The third kappa shape index (κ3) is 3.51. The van der Waals surface area contributed by atoms with Gasteiger partial charge in [-0.25, -0.2) is 9.97 Å². The van der Waals surface area contributed by atoms with Gasteiger partial charge in [0.15, 0.2) is 0 Å². The van der Waals surface area contributed by atoms with Crippen LogP contribution < -0.4 is 0 Å². The molecule has 0 unspecified atom stereocenters. The summed E-state index contributed by atoms with van der Waals surface area (Å²) in [5, 5.41) is 7.32. The van der Waals surface area contributed by atoms with Crippen LogP contribution >= 0.6 is 0 Å². The summed E-state index contributed by atoms with van der Waals surface area (Å²) in [4.78, 5) is 9.83. The van der Waals surface area contributed by atoms with Crippen molar-refractivity contribution in [2.75, 3.05) is 0 Å². The van der Waals surface area contributed by atoms with E-state index in [0.717, 1.165) is 50.5 Å². The first-order chi connectivity index (χ1) is 22.7. The van der Waals surface area contributed by atoms with Crippen LogP contribution in [0.2, 0.25) is 0 Å². The smallest absolute Gasteiger partial charge is 0.140 e. The molecule has 10 rings (SSSR count). The molecule has 4 heterocycles.